The van der Waals surface area contributed by atoms with Gasteiger partial charge in [-0.15, -0.1) is 0 Å². The van der Waals surface area contributed by atoms with Crippen LogP contribution < -0.4 is 10.6 Å². The number of nitrogens with one attached hydrogen (secondary N) is 2. The van der Waals surface area contributed by atoms with Crippen molar-refractivity contribution in [2.45, 2.75) is 59.9 Å². The van der Waals surface area contributed by atoms with Gasteiger partial charge >= 0.3 is 30.1 Å². The Balaban J connectivity index is 2.00. The Hall–Kier alpha value is -3.88. The van der Waals surface area contributed by atoms with Crippen LogP contribution in [0.4, 0.5) is 9.59 Å². The Labute approximate surface area is 277 Å². The summed E-state index contributed by atoms with van der Waals surface area (Å²) in [6, 6.07) is 15.9. The van der Waals surface area contributed by atoms with Gasteiger partial charge in [-0.3, -0.25) is 4.79 Å². The number of ether oxygens (including phenoxy) is 5. The van der Waals surface area contributed by atoms with Crippen molar-refractivity contribution in [2.24, 2.45) is 17.3 Å². The number of halogens is 1. The van der Waals surface area contributed by atoms with E-state index in [-0.39, 0.29) is 29.7 Å². The number of benzene rings is 2. The minimum Gasteiger partial charge on any atom is -0.463 e. The number of alkyl carbamates (subject to hydrolysis) is 2. The molecule has 12 nitrogen and oxygen atoms in total. The van der Waals surface area contributed by atoms with Gasteiger partial charge in [-0.05, 0) is 52.5 Å². The van der Waals surface area contributed by atoms with Crippen LogP contribution in [0.3, 0.4) is 0 Å². The first-order valence-electron chi connectivity index (χ1n) is 14.4. The van der Waals surface area contributed by atoms with Crippen molar-refractivity contribution in [3.8, 4) is 0 Å². The summed E-state index contributed by atoms with van der Waals surface area (Å²) in [5, 5.41) is 5.01. The molecule has 246 valence electrons. The van der Waals surface area contributed by atoms with Crippen LogP contribution >= 0.6 is 22.6 Å². The molecule has 0 saturated carbocycles. The summed E-state index contributed by atoms with van der Waals surface area (Å²) in [5.41, 5.74) is -0.0509. The summed E-state index contributed by atoms with van der Waals surface area (Å²) in [5.74, 6) is -3.17. The van der Waals surface area contributed by atoms with Crippen LogP contribution in [0.15, 0.2) is 60.7 Å². The van der Waals surface area contributed by atoms with Crippen molar-refractivity contribution in [3.05, 3.63) is 71.8 Å². The Morgan fingerprint density at radius 1 is 0.644 bits per heavy atom. The number of amides is 2. The van der Waals surface area contributed by atoms with Crippen molar-refractivity contribution in [2.75, 3.05) is 17.8 Å². The molecule has 2 atom stereocenters. The molecule has 2 rings (SSSR count). The number of rotatable bonds is 16. The van der Waals surface area contributed by atoms with Gasteiger partial charge < -0.3 is 34.3 Å². The van der Waals surface area contributed by atoms with E-state index in [0.29, 0.717) is 0 Å². The maximum Gasteiger partial charge on any atom is 0.408 e. The van der Waals surface area contributed by atoms with E-state index in [1.54, 1.807) is 52.0 Å². The second kappa shape index (κ2) is 18.8. The minimum atomic E-state index is -1.60. The highest BCUT2D eigenvalue weighted by atomic mass is 127. The van der Waals surface area contributed by atoms with Gasteiger partial charge in [0.2, 0.25) is 0 Å². The molecule has 0 spiro atoms. The van der Waals surface area contributed by atoms with Crippen LogP contribution in [0.2, 0.25) is 0 Å². The van der Waals surface area contributed by atoms with Gasteiger partial charge in [0.1, 0.15) is 48.5 Å². The van der Waals surface area contributed by atoms with E-state index in [1.807, 2.05) is 59.0 Å². The largest absolute Gasteiger partial charge is 0.463 e. The van der Waals surface area contributed by atoms with E-state index >= 15 is 0 Å². The van der Waals surface area contributed by atoms with Crippen LogP contribution in [-0.2, 0) is 51.3 Å². The van der Waals surface area contributed by atoms with Crippen LogP contribution in [0.5, 0.6) is 0 Å². The van der Waals surface area contributed by atoms with Gasteiger partial charge in [0.15, 0.2) is 0 Å². The quantitative estimate of drug-likeness (QED) is 0.105. The van der Waals surface area contributed by atoms with E-state index < -0.39 is 60.8 Å². The Morgan fingerprint density at radius 2 is 1.02 bits per heavy atom. The fourth-order valence-corrected chi connectivity index (χ4v) is 4.09. The summed E-state index contributed by atoms with van der Waals surface area (Å²) in [6.07, 6.45) is -1.63. The minimum absolute atomic E-state index is 0.000928. The summed E-state index contributed by atoms with van der Waals surface area (Å²) in [7, 11) is 0. The molecule has 45 heavy (non-hydrogen) atoms. The van der Waals surface area contributed by atoms with Gasteiger partial charge in [-0.25, -0.2) is 19.2 Å². The number of hydrogen-bond acceptors (Lipinski definition) is 10. The van der Waals surface area contributed by atoms with E-state index in [9.17, 15) is 24.0 Å². The first-order chi connectivity index (χ1) is 21.4. The first kappa shape index (κ1) is 37.3. The van der Waals surface area contributed by atoms with Crippen molar-refractivity contribution in [1.29, 1.82) is 0 Å². The molecule has 0 heterocycles. The normalized spacial score (nSPS) is 12.4. The van der Waals surface area contributed by atoms with Gasteiger partial charge in [0.25, 0.3) is 0 Å². The molecule has 0 radical (unpaired) electrons. The SMILES string of the molecule is CC(C)[C@H](NC(=O)OCc1ccccc1)C(=O)OCC(C)(COC(=O)[C@@H](NC(=O)OCc1ccccc1)C(C)C)C(=O)OCI. The number of esters is 3. The molecule has 0 unspecified atom stereocenters. The highest BCUT2D eigenvalue weighted by molar-refractivity contribution is 14.1. The van der Waals surface area contributed by atoms with Gasteiger partial charge in [-0.2, -0.15) is 0 Å². The summed E-state index contributed by atoms with van der Waals surface area (Å²) in [6.45, 7) is 7.23. The molecule has 0 aromatic heterocycles. The monoisotopic (exact) mass is 740 g/mol. The van der Waals surface area contributed by atoms with Crippen molar-refractivity contribution in [1.82, 2.24) is 10.6 Å². The highest BCUT2D eigenvalue weighted by Gasteiger charge is 2.41. The average Bonchev–Trinajstić information content (AvgIpc) is 3.02. The smallest absolute Gasteiger partial charge is 0.408 e. The van der Waals surface area contributed by atoms with E-state index in [1.165, 1.54) is 6.92 Å². The number of carbonyl (C=O) groups excluding carboxylic acids is 5. The summed E-state index contributed by atoms with van der Waals surface area (Å²) < 4.78 is 26.5. The van der Waals surface area contributed by atoms with E-state index in [4.69, 9.17) is 23.7 Å². The summed E-state index contributed by atoms with van der Waals surface area (Å²) in [4.78, 5) is 63.8. The maximum atomic E-state index is 13.0. The fourth-order valence-electron chi connectivity index (χ4n) is 3.80. The van der Waals surface area contributed by atoms with E-state index in [0.717, 1.165) is 11.1 Å². The number of carbonyl (C=O) groups is 5. The third-order valence-corrected chi connectivity index (χ3v) is 6.87. The van der Waals surface area contributed by atoms with Gasteiger partial charge in [0.05, 0.1) is 0 Å². The van der Waals surface area contributed by atoms with Crippen LogP contribution in [0, 0.1) is 17.3 Å². The third-order valence-electron chi connectivity index (χ3n) is 6.56. The van der Waals surface area contributed by atoms with Crippen LogP contribution in [-0.4, -0.2) is 60.0 Å². The fraction of sp³-hybridized carbons (Fsp3) is 0.469. The Bertz CT molecular complexity index is 1170. The zero-order valence-electron chi connectivity index (χ0n) is 26.1. The maximum absolute atomic E-state index is 13.0. The predicted molar refractivity (Wildman–Crippen MR) is 172 cm³/mol. The van der Waals surface area contributed by atoms with E-state index in [2.05, 4.69) is 10.6 Å². The molecule has 0 aliphatic carbocycles. The third kappa shape index (κ3) is 12.9. The van der Waals surface area contributed by atoms with Crippen LogP contribution in [0.25, 0.3) is 0 Å². The predicted octanol–water partition coefficient (Wildman–Crippen LogP) is 4.92. The second-order valence-corrected chi connectivity index (χ2v) is 11.8. The summed E-state index contributed by atoms with van der Waals surface area (Å²) >= 11 is 1.83. The lowest BCUT2D eigenvalue weighted by Gasteiger charge is -2.29. The Morgan fingerprint density at radius 3 is 1.36 bits per heavy atom. The van der Waals surface area contributed by atoms with Crippen LogP contribution in [0.1, 0.15) is 45.7 Å². The number of hydrogen-bond donors (Lipinski definition) is 2. The molecule has 0 fully saturated rings. The molecule has 0 aliphatic rings. The lowest BCUT2D eigenvalue weighted by atomic mass is 9.93. The lowest BCUT2D eigenvalue weighted by molar-refractivity contribution is -0.170. The molecule has 0 bridgehead atoms. The molecular formula is C32H41IN2O10. The number of alkyl halides is 1. The lowest BCUT2D eigenvalue weighted by Crippen LogP contribution is -2.49. The topological polar surface area (TPSA) is 156 Å². The molecule has 0 saturated heterocycles. The Kier molecular flexibility index (Phi) is 15.6. The highest BCUT2D eigenvalue weighted by Crippen LogP contribution is 2.22. The molecule has 13 heteroatoms. The van der Waals surface area contributed by atoms with Gasteiger partial charge in [0, 0.05) is 0 Å². The molecule has 2 amide bonds. The molecule has 0 aliphatic heterocycles. The standard InChI is InChI=1S/C32H41IN2O10/c1-21(2)25(34-30(39)41-16-23-12-8-6-9-13-23)27(36)43-18-32(5,29(38)45-20-33)19-44-28(37)26(22(3)4)35-31(40)42-17-24-14-10-7-11-15-24/h6-15,21-22,25-26H,16-20H2,1-5H3,(H,34,39)(H,35,40)/t25-,26-/m0/s1. The van der Waals surface area contributed by atoms with Crippen molar-refractivity contribution < 1.29 is 47.7 Å². The first-order valence-corrected chi connectivity index (χ1v) is 15.9. The van der Waals surface area contributed by atoms with Gasteiger partial charge in [-0.1, -0.05) is 88.4 Å². The molecule has 2 N–H and O–H groups in total. The molecule has 2 aromatic rings. The molecule has 2 aromatic carbocycles. The zero-order valence-corrected chi connectivity index (χ0v) is 28.2. The molecular weight excluding hydrogens is 699 g/mol. The average molecular weight is 741 g/mol. The zero-order chi connectivity index (χ0) is 33.4. The second-order valence-electron chi connectivity index (χ2n) is 11.2. The van der Waals surface area contributed by atoms with Crippen molar-refractivity contribution >= 4 is 52.7 Å². The van der Waals surface area contributed by atoms with Crippen molar-refractivity contribution in [3.63, 3.8) is 0 Å².